The Morgan fingerprint density at radius 2 is 1.86 bits per heavy atom. The minimum absolute atomic E-state index is 0.215. The molecule has 1 aliphatic rings. The number of benzene rings is 1. The number of rotatable bonds is 4. The lowest BCUT2D eigenvalue weighted by molar-refractivity contribution is -0.146. The highest BCUT2D eigenvalue weighted by Gasteiger charge is 2.33. The molecule has 2 rings (SSSR count). The summed E-state index contributed by atoms with van der Waals surface area (Å²) in [6.45, 7) is 4.18. The third-order valence-corrected chi connectivity index (χ3v) is 3.91. The molecule has 4 heteroatoms. The van der Waals surface area contributed by atoms with Crippen molar-refractivity contribution in [3.63, 3.8) is 0 Å². The second kappa shape index (κ2) is 6.57. The molecule has 2 N–H and O–H groups in total. The SMILES string of the molecule is CC(C)c1cccc(NC(=O)[C@@H]2CC=CC[C@@H]2C(=O)O)c1. The highest BCUT2D eigenvalue weighted by atomic mass is 16.4. The lowest BCUT2D eigenvalue weighted by atomic mass is 9.82. The van der Waals surface area contributed by atoms with Gasteiger partial charge >= 0.3 is 5.97 Å². The summed E-state index contributed by atoms with van der Waals surface area (Å²) in [5.41, 5.74) is 1.87. The summed E-state index contributed by atoms with van der Waals surface area (Å²) >= 11 is 0. The Bertz CT molecular complexity index is 563. The lowest BCUT2D eigenvalue weighted by Gasteiger charge is -2.24. The van der Waals surface area contributed by atoms with E-state index in [-0.39, 0.29) is 5.91 Å². The zero-order chi connectivity index (χ0) is 15.4. The van der Waals surface area contributed by atoms with Crippen LogP contribution in [0.5, 0.6) is 0 Å². The van der Waals surface area contributed by atoms with E-state index in [0.717, 1.165) is 11.3 Å². The summed E-state index contributed by atoms with van der Waals surface area (Å²) in [5, 5.41) is 12.1. The van der Waals surface area contributed by atoms with E-state index in [1.54, 1.807) is 0 Å². The number of carbonyl (C=O) groups is 2. The third kappa shape index (κ3) is 3.72. The van der Waals surface area contributed by atoms with Gasteiger partial charge in [-0.05, 0) is 36.5 Å². The number of allylic oxidation sites excluding steroid dienone is 2. The van der Waals surface area contributed by atoms with Gasteiger partial charge in [0.25, 0.3) is 0 Å². The molecule has 0 saturated heterocycles. The van der Waals surface area contributed by atoms with E-state index in [0.29, 0.717) is 18.8 Å². The molecule has 0 heterocycles. The van der Waals surface area contributed by atoms with Gasteiger partial charge in [0.05, 0.1) is 11.8 Å². The number of amides is 1. The molecule has 1 aromatic carbocycles. The average Bonchev–Trinajstić information content (AvgIpc) is 2.47. The number of carboxylic acids is 1. The minimum Gasteiger partial charge on any atom is -0.481 e. The van der Waals surface area contributed by atoms with Crippen molar-refractivity contribution < 1.29 is 14.7 Å². The van der Waals surface area contributed by atoms with Gasteiger partial charge < -0.3 is 10.4 Å². The van der Waals surface area contributed by atoms with Crippen LogP contribution < -0.4 is 5.32 Å². The van der Waals surface area contributed by atoms with Gasteiger partial charge in [-0.25, -0.2) is 0 Å². The van der Waals surface area contributed by atoms with Crippen LogP contribution in [0.15, 0.2) is 36.4 Å². The topological polar surface area (TPSA) is 66.4 Å². The Hall–Kier alpha value is -2.10. The summed E-state index contributed by atoms with van der Waals surface area (Å²) in [5.74, 6) is -1.88. The van der Waals surface area contributed by atoms with Crippen LogP contribution in [0.25, 0.3) is 0 Å². The van der Waals surface area contributed by atoms with Gasteiger partial charge in [-0.2, -0.15) is 0 Å². The van der Waals surface area contributed by atoms with Crippen molar-refractivity contribution in [2.75, 3.05) is 5.32 Å². The van der Waals surface area contributed by atoms with Gasteiger partial charge in [-0.15, -0.1) is 0 Å². The van der Waals surface area contributed by atoms with E-state index in [1.807, 2.05) is 36.4 Å². The van der Waals surface area contributed by atoms with Crippen LogP contribution >= 0.6 is 0 Å². The van der Waals surface area contributed by atoms with Crippen molar-refractivity contribution in [3.05, 3.63) is 42.0 Å². The van der Waals surface area contributed by atoms with Crippen molar-refractivity contribution in [2.45, 2.75) is 32.6 Å². The number of anilines is 1. The number of aliphatic carboxylic acids is 1. The zero-order valence-corrected chi connectivity index (χ0v) is 12.4. The molecule has 2 atom stereocenters. The predicted octanol–water partition coefficient (Wildman–Crippen LogP) is 3.42. The van der Waals surface area contributed by atoms with Crippen molar-refractivity contribution in [1.29, 1.82) is 0 Å². The fourth-order valence-electron chi connectivity index (χ4n) is 2.59. The average molecular weight is 287 g/mol. The first-order valence-electron chi connectivity index (χ1n) is 7.27. The maximum absolute atomic E-state index is 12.4. The Kier molecular flexibility index (Phi) is 4.78. The standard InChI is InChI=1S/C17H21NO3/c1-11(2)12-6-5-7-13(10-12)18-16(19)14-8-3-4-9-15(14)17(20)21/h3-7,10-11,14-15H,8-9H2,1-2H3,(H,18,19)(H,20,21)/t14-,15+/m1/s1. The van der Waals surface area contributed by atoms with E-state index in [1.165, 1.54) is 0 Å². The van der Waals surface area contributed by atoms with E-state index in [4.69, 9.17) is 0 Å². The molecular weight excluding hydrogens is 266 g/mol. The monoisotopic (exact) mass is 287 g/mol. The summed E-state index contributed by atoms with van der Waals surface area (Å²) < 4.78 is 0. The second-order valence-electron chi connectivity index (χ2n) is 5.76. The van der Waals surface area contributed by atoms with Crippen molar-refractivity contribution in [2.24, 2.45) is 11.8 Å². The molecule has 1 aromatic rings. The van der Waals surface area contributed by atoms with Gasteiger partial charge in [0.15, 0.2) is 0 Å². The van der Waals surface area contributed by atoms with Gasteiger partial charge in [0.2, 0.25) is 5.91 Å². The Labute approximate surface area is 124 Å². The number of hydrogen-bond donors (Lipinski definition) is 2. The second-order valence-corrected chi connectivity index (χ2v) is 5.76. The number of nitrogens with one attached hydrogen (secondary N) is 1. The maximum atomic E-state index is 12.4. The largest absolute Gasteiger partial charge is 0.481 e. The van der Waals surface area contributed by atoms with E-state index in [9.17, 15) is 14.7 Å². The van der Waals surface area contributed by atoms with Crippen LogP contribution in [0.1, 0.15) is 38.2 Å². The first-order valence-corrected chi connectivity index (χ1v) is 7.27. The molecule has 0 radical (unpaired) electrons. The first-order chi connectivity index (χ1) is 9.99. The van der Waals surface area contributed by atoms with E-state index >= 15 is 0 Å². The summed E-state index contributed by atoms with van der Waals surface area (Å²) in [7, 11) is 0. The van der Waals surface area contributed by atoms with Crippen molar-refractivity contribution in [3.8, 4) is 0 Å². The van der Waals surface area contributed by atoms with Crippen molar-refractivity contribution >= 4 is 17.6 Å². The fraction of sp³-hybridized carbons (Fsp3) is 0.412. The van der Waals surface area contributed by atoms with Crippen LogP contribution in [-0.2, 0) is 9.59 Å². The summed E-state index contributed by atoms with van der Waals surface area (Å²) in [4.78, 5) is 23.6. The molecule has 0 saturated carbocycles. The molecule has 21 heavy (non-hydrogen) atoms. The quantitative estimate of drug-likeness (QED) is 0.834. The van der Waals surface area contributed by atoms with Gasteiger partial charge in [0, 0.05) is 5.69 Å². The Morgan fingerprint density at radius 1 is 1.19 bits per heavy atom. The Balaban J connectivity index is 2.11. The van der Waals surface area contributed by atoms with Crippen LogP contribution in [0.4, 0.5) is 5.69 Å². The smallest absolute Gasteiger partial charge is 0.307 e. The van der Waals surface area contributed by atoms with Crippen LogP contribution in [0.3, 0.4) is 0 Å². The molecule has 112 valence electrons. The number of carboxylic acid groups (broad SMARTS) is 1. The molecule has 1 amide bonds. The number of hydrogen-bond acceptors (Lipinski definition) is 2. The van der Waals surface area contributed by atoms with E-state index in [2.05, 4.69) is 19.2 Å². The minimum atomic E-state index is -0.907. The van der Waals surface area contributed by atoms with E-state index < -0.39 is 17.8 Å². The molecule has 0 aliphatic heterocycles. The molecule has 4 nitrogen and oxygen atoms in total. The molecule has 0 bridgehead atoms. The Morgan fingerprint density at radius 3 is 2.48 bits per heavy atom. The lowest BCUT2D eigenvalue weighted by Crippen LogP contribution is -2.34. The van der Waals surface area contributed by atoms with Crippen LogP contribution in [0, 0.1) is 11.8 Å². The number of carbonyl (C=O) groups excluding carboxylic acids is 1. The fourth-order valence-corrected chi connectivity index (χ4v) is 2.59. The molecule has 1 aliphatic carbocycles. The van der Waals surface area contributed by atoms with Gasteiger partial charge in [-0.3, -0.25) is 9.59 Å². The molecule has 0 unspecified atom stereocenters. The molecule has 0 fully saturated rings. The van der Waals surface area contributed by atoms with Crippen LogP contribution in [0.2, 0.25) is 0 Å². The predicted molar refractivity (Wildman–Crippen MR) is 82.2 cm³/mol. The molecule has 0 spiro atoms. The van der Waals surface area contributed by atoms with Crippen LogP contribution in [-0.4, -0.2) is 17.0 Å². The van der Waals surface area contributed by atoms with Gasteiger partial charge in [-0.1, -0.05) is 38.1 Å². The normalized spacial score (nSPS) is 21.3. The van der Waals surface area contributed by atoms with Crippen molar-refractivity contribution in [1.82, 2.24) is 0 Å². The summed E-state index contributed by atoms with van der Waals surface area (Å²) in [6, 6.07) is 7.69. The maximum Gasteiger partial charge on any atom is 0.307 e. The summed E-state index contributed by atoms with van der Waals surface area (Å²) in [6.07, 6.45) is 4.61. The third-order valence-electron chi connectivity index (χ3n) is 3.91. The zero-order valence-electron chi connectivity index (χ0n) is 12.4. The highest BCUT2D eigenvalue weighted by molar-refractivity contribution is 5.95. The first kappa shape index (κ1) is 15.3. The molecular formula is C17H21NO3. The van der Waals surface area contributed by atoms with Gasteiger partial charge in [0.1, 0.15) is 0 Å². The molecule has 0 aromatic heterocycles. The highest BCUT2D eigenvalue weighted by Crippen LogP contribution is 2.27.